The van der Waals surface area contributed by atoms with Gasteiger partial charge in [-0.2, -0.15) is 0 Å². The first-order valence-electron chi connectivity index (χ1n) is 38.2. The topological polar surface area (TPSA) is 95.9 Å². The Morgan fingerprint density at radius 2 is 0.595 bits per heavy atom. The Bertz CT molecular complexity index is 1360. The van der Waals surface area contributed by atoms with Gasteiger partial charge in [-0.1, -0.05) is 365 Å². The van der Waals surface area contributed by atoms with E-state index in [2.05, 4.69) is 55.6 Å². The summed E-state index contributed by atoms with van der Waals surface area (Å²) < 4.78 is 5.48. The van der Waals surface area contributed by atoms with Crippen LogP contribution in [0.2, 0.25) is 0 Å². The summed E-state index contributed by atoms with van der Waals surface area (Å²) in [4.78, 5) is 24.6. The van der Waals surface area contributed by atoms with E-state index < -0.39 is 12.1 Å². The quantitative estimate of drug-likeness (QED) is 0.0320. The third-order valence-electron chi connectivity index (χ3n) is 17.9. The minimum atomic E-state index is -0.667. The van der Waals surface area contributed by atoms with E-state index in [9.17, 15) is 19.8 Å². The molecule has 2 atom stereocenters. The lowest BCUT2D eigenvalue weighted by Crippen LogP contribution is -2.45. The minimum absolute atomic E-state index is 0.00339. The van der Waals surface area contributed by atoms with Crippen LogP contribution >= 0.6 is 0 Å². The van der Waals surface area contributed by atoms with E-state index in [4.69, 9.17) is 4.74 Å². The van der Waals surface area contributed by atoms with Crippen LogP contribution in [0.1, 0.15) is 425 Å². The van der Waals surface area contributed by atoms with Gasteiger partial charge >= 0.3 is 5.97 Å². The van der Waals surface area contributed by atoms with Gasteiger partial charge in [0, 0.05) is 12.8 Å². The molecule has 0 aromatic carbocycles. The van der Waals surface area contributed by atoms with Crippen molar-refractivity contribution < 1.29 is 24.5 Å². The van der Waals surface area contributed by atoms with E-state index >= 15 is 0 Å². The molecule has 0 aliphatic heterocycles. The highest BCUT2D eigenvalue weighted by Gasteiger charge is 2.20. The minimum Gasteiger partial charge on any atom is -0.466 e. The van der Waals surface area contributed by atoms with Gasteiger partial charge in [-0.05, 0) is 83.5 Å². The highest BCUT2D eigenvalue weighted by molar-refractivity contribution is 5.76. The number of nitrogens with one attached hydrogen (secondary N) is 1. The third-order valence-corrected chi connectivity index (χ3v) is 17.9. The molecule has 0 aromatic rings. The van der Waals surface area contributed by atoms with Gasteiger partial charge in [0.05, 0.1) is 25.4 Å². The summed E-state index contributed by atoms with van der Waals surface area (Å²) in [5, 5.41) is 23.5. The Balaban J connectivity index is 3.41. The van der Waals surface area contributed by atoms with Gasteiger partial charge in [-0.25, -0.2) is 0 Å². The molecule has 3 N–H and O–H groups in total. The molecular formula is C78H149NO5. The summed E-state index contributed by atoms with van der Waals surface area (Å²) in [6.07, 6.45) is 95.0. The number of unbranched alkanes of at least 4 members (excludes halogenated alkanes) is 55. The second-order valence-corrected chi connectivity index (χ2v) is 26.3. The van der Waals surface area contributed by atoms with Crippen LogP contribution < -0.4 is 5.32 Å². The van der Waals surface area contributed by atoms with Crippen LogP contribution in [0.5, 0.6) is 0 Å². The number of esters is 1. The molecule has 6 heteroatoms. The van der Waals surface area contributed by atoms with Crippen molar-refractivity contribution in [1.82, 2.24) is 5.32 Å². The monoisotopic (exact) mass is 1180 g/mol. The van der Waals surface area contributed by atoms with Gasteiger partial charge < -0.3 is 20.3 Å². The van der Waals surface area contributed by atoms with E-state index in [0.717, 1.165) is 51.4 Å². The van der Waals surface area contributed by atoms with E-state index in [1.165, 1.54) is 340 Å². The SMILES string of the molecule is CCCCCC/C=C\CCCCCCCC(=O)OCCCCCCCCCCC/C=C\C/C=C\CCCCCCCCCCCCCCCC(=O)NC(CO)C(O)CCCCCCCCCCCCCCCCCCCCCCCCCCC. The maximum Gasteiger partial charge on any atom is 0.305 e. The Hall–Kier alpha value is -1.92. The van der Waals surface area contributed by atoms with Gasteiger partial charge in [0.15, 0.2) is 0 Å². The Labute approximate surface area is 525 Å². The molecule has 0 radical (unpaired) electrons. The van der Waals surface area contributed by atoms with Crippen molar-refractivity contribution in [3.05, 3.63) is 36.5 Å². The number of aliphatic hydroxyl groups is 2. The fourth-order valence-electron chi connectivity index (χ4n) is 12.1. The normalized spacial score (nSPS) is 12.7. The highest BCUT2D eigenvalue weighted by Crippen LogP contribution is 2.19. The Kier molecular flexibility index (Phi) is 71.9. The fourth-order valence-corrected chi connectivity index (χ4v) is 12.1. The van der Waals surface area contributed by atoms with Crippen LogP contribution in [0, 0.1) is 0 Å². The summed E-state index contributed by atoms with van der Waals surface area (Å²) in [7, 11) is 0. The van der Waals surface area contributed by atoms with Crippen LogP contribution in [0.4, 0.5) is 0 Å². The zero-order valence-electron chi connectivity index (χ0n) is 56.9. The molecule has 0 aromatic heterocycles. The third kappa shape index (κ3) is 69.2. The highest BCUT2D eigenvalue weighted by atomic mass is 16.5. The maximum absolute atomic E-state index is 12.6. The molecular weight excluding hydrogens is 1030 g/mol. The first kappa shape index (κ1) is 82.1. The average molecular weight is 1180 g/mol. The molecule has 0 saturated carbocycles. The number of rotatable bonds is 72. The molecule has 6 nitrogen and oxygen atoms in total. The predicted molar refractivity (Wildman–Crippen MR) is 370 cm³/mol. The van der Waals surface area contributed by atoms with Crippen molar-refractivity contribution >= 4 is 11.9 Å². The number of amides is 1. The molecule has 84 heavy (non-hydrogen) atoms. The first-order valence-corrected chi connectivity index (χ1v) is 38.2. The largest absolute Gasteiger partial charge is 0.466 e. The van der Waals surface area contributed by atoms with Gasteiger partial charge in [-0.15, -0.1) is 0 Å². The lowest BCUT2D eigenvalue weighted by atomic mass is 10.0. The number of ether oxygens (including phenoxy) is 1. The standard InChI is InChI=1S/C78H149NO5/c1-3-5-7-9-11-13-15-17-18-19-20-21-22-28-31-34-37-40-43-47-50-54-58-62-66-70-76(81)75(74-80)79-77(82)71-67-63-59-55-51-48-44-41-38-35-32-29-26-24-23-25-27-30-33-36-39-42-45-49-53-57-61-65-69-73-84-78(83)72-68-64-60-56-52-46-16-14-12-10-8-6-4-2/h14,16,23,25,30,33,75-76,80-81H,3-13,15,17-22,24,26-29,31-32,34-74H2,1-2H3,(H,79,82)/b16-14-,25-23-,33-30-. The molecule has 0 aliphatic carbocycles. The summed E-state index contributed by atoms with van der Waals surface area (Å²) in [5.74, 6) is -0.0275. The molecule has 2 unspecified atom stereocenters. The second-order valence-electron chi connectivity index (χ2n) is 26.3. The van der Waals surface area contributed by atoms with Crippen molar-refractivity contribution in [2.75, 3.05) is 13.2 Å². The van der Waals surface area contributed by atoms with Gasteiger partial charge in [0.2, 0.25) is 5.91 Å². The molecule has 0 fully saturated rings. The van der Waals surface area contributed by atoms with E-state index in [1.807, 2.05) is 0 Å². The van der Waals surface area contributed by atoms with Crippen LogP contribution in [0.25, 0.3) is 0 Å². The lowest BCUT2D eigenvalue weighted by molar-refractivity contribution is -0.143. The van der Waals surface area contributed by atoms with Crippen LogP contribution in [0.15, 0.2) is 36.5 Å². The molecule has 0 bridgehead atoms. The molecule has 0 rings (SSSR count). The zero-order chi connectivity index (χ0) is 60.6. The van der Waals surface area contributed by atoms with Gasteiger partial charge in [0.1, 0.15) is 0 Å². The number of allylic oxidation sites excluding steroid dienone is 6. The molecule has 0 heterocycles. The van der Waals surface area contributed by atoms with Crippen LogP contribution in [-0.4, -0.2) is 47.4 Å². The summed E-state index contributed by atoms with van der Waals surface area (Å²) in [5.41, 5.74) is 0. The van der Waals surface area contributed by atoms with Crippen molar-refractivity contribution in [3.63, 3.8) is 0 Å². The van der Waals surface area contributed by atoms with Crippen LogP contribution in [0.3, 0.4) is 0 Å². The smallest absolute Gasteiger partial charge is 0.305 e. The molecule has 0 saturated heterocycles. The van der Waals surface area contributed by atoms with Crippen molar-refractivity contribution in [1.29, 1.82) is 0 Å². The molecule has 0 spiro atoms. The fraction of sp³-hybridized carbons (Fsp3) is 0.897. The number of hydrogen-bond acceptors (Lipinski definition) is 5. The zero-order valence-corrected chi connectivity index (χ0v) is 56.9. The Morgan fingerprint density at radius 3 is 0.929 bits per heavy atom. The second kappa shape index (κ2) is 73.5. The first-order chi connectivity index (χ1) is 41.5. The van der Waals surface area contributed by atoms with Crippen molar-refractivity contribution in [3.8, 4) is 0 Å². The lowest BCUT2D eigenvalue weighted by Gasteiger charge is -2.22. The van der Waals surface area contributed by atoms with E-state index in [1.54, 1.807) is 0 Å². The number of hydrogen-bond donors (Lipinski definition) is 3. The number of carbonyl (C=O) groups is 2. The average Bonchev–Trinajstić information content (AvgIpc) is 3.51. The summed E-state index contributed by atoms with van der Waals surface area (Å²) >= 11 is 0. The summed E-state index contributed by atoms with van der Waals surface area (Å²) in [6.45, 7) is 4.97. The molecule has 496 valence electrons. The number of aliphatic hydroxyl groups excluding tert-OH is 2. The maximum atomic E-state index is 12.6. The van der Waals surface area contributed by atoms with Crippen molar-refractivity contribution in [2.24, 2.45) is 0 Å². The van der Waals surface area contributed by atoms with Crippen LogP contribution in [-0.2, 0) is 14.3 Å². The molecule has 1 amide bonds. The molecule has 0 aliphatic rings. The van der Waals surface area contributed by atoms with E-state index in [-0.39, 0.29) is 18.5 Å². The Morgan fingerprint density at radius 1 is 0.333 bits per heavy atom. The summed E-state index contributed by atoms with van der Waals surface area (Å²) in [6, 6.07) is -0.544. The van der Waals surface area contributed by atoms with Gasteiger partial charge in [-0.3, -0.25) is 9.59 Å². The van der Waals surface area contributed by atoms with Crippen molar-refractivity contribution in [2.45, 2.75) is 437 Å². The van der Waals surface area contributed by atoms with E-state index in [0.29, 0.717) is 25.9 Å². The number of carbonyl (C=O) groups excluding carboxylic acids is 2. The predicted octanol–water partition coefficient (Wildman–Crippen LogP) is 25.0. The van der Waals surface area contributed by atoms with Gasteiger partial charge in [0.25, 0.3) is 0 Å².